The van der Waals surface area contributed by atoms with Gasteiger partial charge in [-0.05, 0) is 19.3 Å². The first kappa shape index (κ1) is 9.21. The predicted octanol–water partition coefficient (Wildman–Crippen LogP) is 0.671. The highest BCUT2D eigenvalue weighted by molar-refractivity contribution is 5.69. The molecule has 1 aliphatic carbocycles. The van der Waals surface area contributed by atoms with Crippen LogP contribution in [-0.4, -0.2) is 21.3 Å². The Bertz CT molecular complexity index is 358. The number of nitrogens with zero attached hydrogens (tertiary/aromatic N) is 1. The van der Waals surface area contributed by atoms with Crippen molar-refractivity contribution in [3.05, 3.63) is 17.0 Å². The van der Waals surface area contributed by atoms with Gasteiger partial charge in [0.05, 0.1) is 11.8 Å². The van der Waals surface area contributed by atoms with E-state index >= 15 is 0 Å². The summed E-state index contributed by atoms with van der Waals surface area (Å²) < 4.78 is 4.91. The predicted molar refractivity (Wildman–Crippen MR) is 45.7 cm³/mol. The van der Waals surface area contributed by atoms with Crippen molar-refractivity contribution in [1.82, 2.24) is 5.16 Å². The first-order chi connectivity index (χ1) is 6.68. The fraction of sp³-hybridized carbons (Fsp3) is 0.556. The summed E-state index contributed by atoms with van der Waals surface area (Å²) in [5.74, 6) is -0.679. The molecule has 0 amide bonds. The van der Waals surface area contributed by atoms with Gasteiger partial charge in [-0.1, -0.05) is 5.16 Å². The zero-order valence-electron chi connectivity index (χ0n) is 7.56. The summed E-state index contributed by atoms with van der Waals surface area (Å²) in [5.41, 5.74) is 1.30. The van der Waals surface area contributed by atoms with Crippen molar-refractivity contribution in [1.29, 1.82) is 0 Å². The molecular weight excluding hydrogens is 186 g/mol. The summed E-state index contributed by atoms with van der Waals surface area (Å²) in [6.45, 7) is 0. The van der Waals surface area contributed by atoms with Crippen molar-refractivity contribution < 1.29 is 19.5 Å². The van der Waals surface area contributed by atoms with Crippen molar-refractivity contribution in [2.45, 2.75) is 31.8 Å². The highest BCUT2D eigenvalue weighted by Gasteiger charge is 2.27. The van der Waals surface area contributed by atoms with E-state index in [1.807, 2.05) is 0 Å². The van der Waals surface area contributed by atoms with E-state index in [1.165, 1.54) is 0 Å². The van der Waals surface area contributed by atoms with Crippen molar-refractivity contribution in [3.63, 3.8) is 0 Å². The van der Waals surface area contributed by atoms with E-state index < -0.39 is 12.1 Å². The second-order valence-corrected chi connectivity index (χ2v) is 3.44. The smallest absolute Gasteiger partial charge is 0.311 e. The maximum absolute atomic E-state index is 10.5. The minimum absolute atomic E-state index is 0.209. The van der Waals surface area contributed by atoms with E-state index in [0.717, 1.165) is 12.8 Å². The molecule has 5 heteroatoms. The van der Waals surface area contributed by atoms with Gasteiger partial charge in [-0.2, -0.15) is 0 Å². The normalized spacial score (nSPS) is 20.5. The summed E-state index contributed by atoms with van der Waals surface area (Å²) in [7, 11) is 0. The summed E-state index contributed by atoms with van der Waals surface area (Å²) in [4.78, 5) is 10.5. The van der Waals surface area contributed by atoms with Crippen LogP contribution < -0.4 is 0 Å². The van der Waals surface area contributed by atoms with E-state index in [1.54, 1.807) is 0 Å². The van der Waals surface area contributed by atoms with Gasteiger partial charge in [-0.15, -0.1) is 0 Å². The van der Waals surface area contributed by atoms with Gasteiger partial charge in [-0.25, -0.2) is 0 Å². The van der Waals surface area contributed by atoms with Gasteiger partial charge in [0, 0.05) is 5.56 Å². The number of aliphatic carboxylic acids is 1. The Morgan fingerprint density at radius 2 is 2.43 bits per heavy atom. The Kier molecular flexibility index (Phi) is 2.25. The number of aryl methyl sites for hydroxylation is 1. The molecule has 14 heavy (non-hydrogen) atoms. The molecule has 5 nitrogen and oxygen atoms in total. The van der Waals surface area contributed by atoms with Crippen molar-refractivity contribution >= 4 is 5.97 Å². The van der Waals surface area contributed by atoms with Gasteiger partial charge in [0.25, 0.3) is 0 Å². The summed E-state index contributed by atoms with van der Waals surface area (Å²) in [6.07, 6.45) is 1.46. The molecule has 0 bridgehead atoms. The third-order valence-electron chi connectivity index (χ3n) is 2.41. The molecule has 0 saturated heterocycles. The lowest BCUT2D eigenvalue weighted by molar-refractivity contribution is -0.136. The molecule has 1 aromatic rings. The lowest BCUT2D eigenvalue weighted by Gasteiger charge is -2.15. The highest BCUT2D eigenvalue weighted by Crippen LogP contribution is 2.32. The maximum Gasteiger partial charge on any atom is 0.311 e. The van der Waals surface area contributed by atoms with Crippen LogP contribution in [0.1, 0.15) is 36.0 Å². The molecule has 2 rings (SSSR count). The number of hydrogen-bond donors (Lipinski definition) is 2. The van der Waals surface area contributed by atoms with Crippen LogP contribution in [0.4, 0.5) is 0 Å². The summed E-state index contributed by atoms with van der Waals surface area (Å²) in [6, 6.07) is 0. The van der Waals surface area contributed by atoms with Crippen molar-refractivity contribution in [3.8, 4) is 0 Å². The van der Waals surface area contributed by atoms with Crippen molar-refractivity contribution in [2.75, 3.05) is 0 Å². The number of rotatable bonds is 2. The standard InChI is InChI=1S/C9H11NO4/c11-6-3-1-2-5-9(6)7(14-10-5)4-8(12)13/h6,11H,1-4H2,(H,12,13). The molecular formula is C9H11NO4. The second kappa shape index (κ2) is 3.42. The van der Waals surface area contributed by atoms with Crippen LogP contribution in [0.3, 0.4) is 0 Å². The lowest BCUT2D eigenvalue weighted by atomic mass is 9.93. The third-order valence-corrected chi connectivity index (χ3v) is 2.41. The summed E-state index contributed by atoms with van der Waals surface area (Å²) in [5, 5.41) is 22.0. The molecule has 1 aromatic heterocycles. The largest absolute Gasteiger partial charge is 0.481 e. The average molecular weight is 197 g/mol. The van der Waals surface area contributed by atoms with Crippen molar-refractivity contribution in [2.24, 2.45) is 0 Å². The van der Waals surface area contributed by atoms with Gasteiger partial charge in [0.15, 0.2) is 5.76 Å². The first-order valence-corrected chi connectivity index (χ1v) is 4.55. The minimum atomic E-state index is -0.971. The van der Waals surface area contributed by atoms with Crippen LogP contribution >= 0.6 is 0 Å². The number of aliphatic hydroxyl groups is 1. The molecule has 1 aliphatic rings. The molecule has 0 fully saturated rings. The molecule has 0 saturated carbocycles. The maximum atomic E-state index is 10.5. The van der Waals surface area contributed by atoms with E-state index in [9.17, 15) is 9.90 Å². The Labute approximate surface area is 80.3 Å². The SMILES string of the molecule is O=C(O)Cc1onc2c1C(O)CCC2. The van der Waals surface area contributed by atoms with E-state index in [4.69, 9.17) is 9.63 Å². The Balaban J connectivity index is 2.33. The van der Waals surface area contributed by atoms with Crippen LogP contribution in [0.15, 0.2) is 4.52 Å². The van der Waals surface area contributed by atoms with Crippen LogP contribution in [0.5, 0.6) is 0 Å². The first-order valence-electron chi connectivity index (χ1n) is 4.55. The van der Waals surface area contributed by atoms with Gasteiger partial charge in [-0.3, -0.25) is 4.79 Å². The molecule has 1 atom stereocenters. The van der Waals surface area contributed by atoms with E-state index in [0.29, 0.717) is 23.4 Å². The molecule has 0 radical (unpaired) electrons. The highest BCUT2D eigenvalue weighted by atomic mass is 16.5. The van der Waals surface area contributed by atoms with E-state index in [-0.39, 0.29) is 6.42 Å². The molecule has 2 N–H and O–H groups in total. The number of carboxylic acids is 1. The fourth-order valence-electron chi connectivity index (χ4n) is 1.80. The molecule has 1 heterocycles. The van der Waals surface area contributed by atoms with Gasteiger partial charge < -0.3 is 14.7 Å². The average Bonchev–Trinajstić information content (AvgIpc) is 2.49. The fourth-order valence-corrected chi connectivity index (χ4v) is 1.80. The monoisotopic (exact) mass is 197 g/mol. The van der Waals surface area contributed by atoms with Gasteiger partial charge in [0.1, 0.15) is 6.42 Å². The molecule has 0 aromatic carbocycles. The zero-order valence-corrected chi connectivity index (χ0v) is 7.56. The number of aliphatic hydroxyl groups excluding tert-OH is 1. The van der Waals surface area contributed by atoms with Gasteiger partial charge in [0.2, 0.25) is 0 Å². The number of hydrogen-bond acceptors (Lipinski definition) is 4. The minimum Gasteiger partial charge on any atom is -0.481 e. The third kappa shape index (κ3) is 1.50. The Hall–Kier alpha value is -1.36. The molecule has 0 spiro atoms. The van der Waals surface area contributed by atoms with Crippen LogP contribution in [0.2, 0.25) is 0 Å². The molecule has 1 unspecified atom stereocenters. The molecule has 0 aliphatic heterocycles. The quantitative estimate of drug-likeness (QED) is 0.728. The van der Waals surface area contributed by atoms with Crippen LogP contribution in [-0.2, 0) is 17.6 Å². The zero-order chi connectivity index (χ0) is 10.1. The van der Waals surface area contributed by atoms with Crippen LogP contribution in [0.25, 0.3) is 0 Å². The number of carbonyl (C=O) groups is 1. The number of aromatic nitrogens is 1. The summed E-state index contributed by atoms with van der Waals surface area (Å²) >= 11 is 0. The topological polar surface area (TPSA) is 83.6 Å². The number of carboxylic acid groups (broad SMARTS) is 1. The Morgan fingerprint density at radius 1 is 1.64 bits per heavy atom. The van der Waals surface area contributed by atoms with Crippen LogP contribution in [0, 0.1) is 0 Å². The number of fused-ring (bicyclic) bond motifs is 1. The Morgan fingerprint density at radius 3 is 3.14 bits per heavy atom. The second-order valence-electron chi connectivity index (χ2n) is 3.44. The molecule has 76 valence electrons. The van der Waals surface area contributed by atoms with Gasteiger partial charge >= 0.3 is 5.97 Å². The lowest BCUT2D eigenvalue weighted by Crippen LogP contribution is -2.11. The van der Waals surface area contributed by atoms with E-state index in [2.05, 4.69) is 5.16 Å².